The Hall–Kier alpha value is -0.930. The topological polar surface area (TPSA) is 12.9 Å². The maximum atomic E-state index is 13.0. The maximum Gasteiger partial charge on any atom is 0.126 e. The van der Waals surface area contributed by atoms with Gasteiger partial charge in [0.1, 0.15) is 10.8 Å². The van der Waals surface area contributed by atoms with Gasteiger partial charge in [-0.15, -0.1) is 22.9 Å². The molecule has 2 aromatic rings. The lowest BCUT2D eigenvalue weighted by molar-refractivity contribution is 0.619. The molecule has 4 heteroatoms. The van der Waals surface area contributed by atoms with Crippen molar-refractivity contribution in [2.45, 2.75) is 12.8 Å². The molecule has 15 heavy (non-hydrogen) atoms. The number of benzene rings is 1. The average Bonchev–Trinajstić information content (AvgIpc) is 2.70. The molecule has 1 heterocycles. The fourth-order valence-electron chi connectivity index (χ4n) is 1.28. The van der Waals surface area contributed by atoms with Crippen LogP contribution in [0.1, 0.15) is 11.3 Å². The minimum Gasteiger partial charge on any atom is -0.240 e. The molecule has 0 unspecified atom stereocenters. The van der Waals surface area contributed by atoms with Crippen molar-refractivity contribution in [2.24, 2.45) is 0 Å². The monoisotopic (exact) mass is 241 g/mol. The molecule has 0 saturated carbocycles. The zero-order valence-electron chi connectivity index (χ0n) is 8.13. The Morgan fingerprint density at radius 1 is 1.47 bits per heavy atom. The molecule has 0 fully saturated rings. The molecule has 78 valence electrons. The molecule has 0 N–H and O–H groups in total. The lowest BCUT2D eigenvalue weighted by Crippen LogP contribution is -1.84. The third-order valence-corrected chi connectivity index (χ3v) is 3.31. The lowest BCUT2D eigenvalue weighted by atomic mass is 10.1. The van der Waals surface area contributed by atoms with Gasteiger partial charge in [0.15, 0.2) is 0 Å². The number of nitrogens with zero attached hydrogens (tertiary/aromatic N) is 1. The first-order valence-electron chi connectivity index (χ1n) is 4.47. The van der Waals surface area contributed by atoms with Crippen molar-refractivity contribution >= 4 is 22.9 Å². The number of hydrogen-bond donors (Lipinski definition) is 0. The van der Waals surface area contributed by atoms with E-state index in [2.05, 4.69) is 4.98 Å². The predicted octanol–water partition coefficient (Wildman–Crippen LogP) is 4.00. The first-order valence-corrected chi connectivity index (χ1v) is 5.89. The van der Waals surface area contributed by atoms with Gasteiger partial charge in [0, 0.05) is 10.9 Å². The molecule has 0 aliphatic heterocycles. The van der Waals surface area contributed by atoms with Crippen LogP contribution >= 0.6 is 22.9 Å². The Bertz CT molecular complexity index is 481. The van der Waals surface area contributed by atoms with Crippen LogP contribution in [0.3, 0.4) is 0 Å². The van der Waals surface area contributed by atoms with Gasteiger partial charge in [0.25, 0.3) is 0 Å². The summed E-state index contributed by atoms with van der Waals surface area (Å²) in [4.78, 5) is 4.33. The van der Waals surface area contributed by atoms with Crippen LogP contribution in [0.15, 0.2) is 23.6 Å². The quantitative estimate of drug-likeness (QED) is 0.725. The average molecular weight is 242 g/mol. The van der Waals surface area contributed by atoms with Crippen LogP contribution < -0.4 is 0 Å². The summed E-state index contributed by atoms with van der Waals surface area (Å²) in [5, 5.41) is 2.80. The van der Waals surface area contributed by atoms with Gasteiger partial charge in [-0.3, -0.25) is 0 Å². The van der Waals surface area contributed by atoms with Crippen LogP contribution in [-0.4, -0.2) is 4.98 Å². The number of thiazole rings is 1. The second-order valence-corrected chi connectivity index (χ2v) is 4.37. The van der Waals surface area contributed by atoms with Gasteiger partial charge in [-0.2, -0.15) is 0 Å². The normalized spacial score (nSPS) is 10.6. The highest BCUT2D eigenvalue weighted by Crippen LogP contribution is 2.25. The largest absolute Gasteiger partial charge is 0.240 e. The minimum atomic E-state index is -0.187. The standard InChI is InChI=1S/C11H9ClFNS/c1-7-4-8(2-3-10(7)13)11-14-9(5-12)6-15-11/h2-4,6H,5H2,1H3. The molecule has 0 spiro atoms. The van der Waals surface area contributed by atoms with Gasteiger partial charge < -0.3 is 0 Å². The highest BCUT2D eigenvalue weighted by atomic mass is 35.5. The number of rotatable bonds is 2. The molecule has 1 aromatic heterocycles. The Balaban J connectivity index is 2.40. The van der Waals surface area contributed by atoms with Crippen molar-refractivity contribution in [3.63, 3.8) is 0 Å². The van der Waals surface area contributed by atoms with E-state index in [0.717, 1.165) is 16.3 Å². The van der Waals surface area contributed by atoms with Crippen molar-refractivity contribution in [3.8, 4) is 10.6 Å². The van der Waals surface area contributed by atoms with Gasteiger partial charge in [-0.1, -0.05) is 0 Å². The Morgan fingerprint density at radius 2 is 2.27 bits per heavy atom. The summed E-state index contributed by atoms with van der Waals surface area (Å²) in [5.74, 6) is 0.226. The summed E-state index contributed by atoms with van der Waals surface area (Å²) in [5.41, 5.74) is 2.43. The van der Waals surface area contributed by atoms with E-state index in [1.54, 1.807) is 19.1 Å². The van der Waals surface area contributed by atoms with E-state index < -0.39 is 0 Å². The SMILES string of the molecule is Cc1cc(-c2nc(CCl)cs2)ccc1F. The summed E-state index contributed by atoms with van der Waals surface area (Å²) < 4.78 is 13.0. The van der Waals surface area contributed by atoms with Crippen LogP contribution in [0.2, 0.25) is 0 Å². The molecule has 0 saturated heterocycles. The van der Waals surface area contributed by atoms with Crippen LogP contribution in [0.4, 0.5) is 4.39 Å². The van der Waals surface area contributed by atoms with E-state index in [1.807, 2.05) is 5.38 Å². The zero-order chi connectivity index (χ0) is 10.8. The molecule has 0 aliphatic carbocycles. The van der Waals surface area contributed by atoms with Crippen LogP contribution in [0.5, 0.6) is 0 Å². The van der Waals surface area contributed by atoms with Crippen molar-refractivity contribution < 1.29 is 4.39 Å². The van der Waals surface area contributed by atoms with E-state index in [4.69, 9.17) is 11.6 Å². The van der Waals surface area contributed by atoms with Crippen molar-refractivity contribution in [3.05, 3.63) is 40.7 Å². The molecular formula is C11H9ClFNS. The number of alkyl halides is 1. The molecule has 2 rings (SSSR count). The van der Waals surface area contributed by atoms with Gasteiger partial charge in [-0.05, 0) is 30.7 Å². The minimum absolute atomic E-state index is 0.187. The first kappa shape index (κ1) is 10.6. The van der Waals surface area contributed by atoms with E-state index in [-0.39, 0.29) is 5.82 Å². The van der Waals surface area contributed by atoms with Gasteiger partial charge >= 0.3 is 0 Å². The molecular weight excluding hydrogens is 233 g/mol. The number of aryl methyl sites for hydroxylation is 1. The Morgan fingerprint density at radius 3 is 2.87 bits per heavy atom. The third-order valence-electron chi connectivity index (χ3n) is 2.09. The highest BCUT2D eigenvalue weighted by molar-refractivity contribution is 7.13. The van der Waals surface area contributed by atoms with Crippen molar-refractivity contribution in [2.75, 3.05) is 0 Å². The Kier molecular flexibility index (Phi) is 3.03. The summed E-state index contributed by atoms with van der Waals surface area (Å²) in [6, 6.07) is 5.00. The smallest absolute Gasteiger partial charge is 0.126 e. The van der Waals surface area contributed by atoms with E-state index in [9.17, 15) is 4.39 Å². The second kappa shape index (κ2) is 4.29. The molecule has 0 bridgehead atoms. The predicted molar refractivity (Wildman–Crippen MR) is 61.8 cm³/mol. The molecule has 0 aliphatic rings. The highest BCUT2D eigenvalue weighted by Gasteiger charge is 2.05. The first-order chi connectivity index (χ1) is 7.20. The van der Waals surface area contributed by atoms with Gasteiger partial charge in [0.05, 0.1) is 11.6 Å². The maximum absolute atomic E-state index is 13.0. The molecule has 0 radical (unpaired) electrons. The zero-order valence-corrected chi connectivity index (χ0v) is 9.70. The summed E-state index contributed by atoms with van der Waals surface area (Å²) in [7, 11) is 0. The van der Waals surface area contributed by atoms with Gasteiger partial charge in [-0.25, -0.2) is 9.37 Å². The molecule has 0 amide bonds. The van der Waals surface area contributed by atoms with Crippen LogP contribution in [0.25, 0.3) is 10.6 Å². The van der Waals surface area contributed by atoms with Crippen LogP contribution in [0, 0.1) is 12.7 Å². The van der Waals surface area contributed by atoms with Crippen molar-refractivity contribution in [1.82, 2.24) is 4.98 Å². The molecule has 0 atom stereocenters. The van der Waals surface area contributed by atoms with E-state index in [1.165, 1.54) is 17.4 Å². The number of aromatic nitrogens is 1. The van der Waals surface area contributed by atoms with Crippen LogP contribution in [-0.2, 0) is 5.88 Å². The molecule has 1 aromatic carbocycles. The fourth-order valence-corrected chi connectivity index (χ4v) is 2.32. The second-order valence-electron chi connectivity index (χ2n) is 3.24. The molecule has 1 nitrogen and oxygen atoms in total. The summed E-state index contributed by atoms with van der Waals surface area (Å²) in [6.07, 6.45) is 0. The van der Waals surface area contributed by atoms with Gasteiger partial charge in [0.2, 0.25) is 0 Å². The van der Waals surface area contributed by atoms with Crippen molar-refractivity contribution in [1.29, 1.82) is 0 Å². The Labute approximate surface area is 96.5 Å². The van der Waals surface area contributed by atoms with E-state index >= 15 is 0 Å². The number of halogens is 2. The summed E-state index contributed by atoms with van der Waals surface area (Å²) >= 11 is 7.19. The van der Waals surface area contributed by atoms with E-state index in [0.29, 0.717) is 11.4 Å². The fraction of sp³-hybridized carbons (Fsp3) is 0.182. The number of hydrogen-bond acceptors (Lipinski definition) is 2. The third kappa shape index (κ3) is 2.19. The summed E-state index contributed by atoms with van der Waals surface area (Å²) in [6.45, 7) is 1.74. The lowest BCUT2D eigenvalue weighted by Gasteiger charge is -1.99.